The number of fused-ring (bicyclic) bond motifs is 6. The third-order valence-electron chi connectivity index (χ3n) is 7.61. The molecule has 0 fully saturated rings. The predicted molar refractivity (Wildman–Crippen MR) is 162 cm³/mol. The van der Waals surface area contributed by atoms with Crippen LogP contribution in [-0.4, -0.2) is 14.5 Å². The molecule has 0 radical (unpaired) electrons. The second-order valence-corrected chi connectivity index (χ2v) is 9.84. The van der Waals surface area contributed by atoms with Crippen molar-refractivity contribution < 1.29 is 0 Å². The van der Waals surface area contributed by atoms with Crippen molar-refractivity contribution in [3.8, 4) is 28.3 Å². The lowest BCUT2D eigenvalue weighted by Gasteiger charge is -2.15. The van der Waals surface area contributed by atoms with Gasteiger partial charge in [-0.2, -0.15) is 0 Å². The van der Waals surface area contributed by atoms with Gasteiger partial charge in [0.25, 0.3) is 0 Å². The number of benzene rings is 6. The van der Waals surface area contributed by atoms with E-state index in [1.54, 1.807) is 0 Å². The molecule has 0 unspecified atom stereocenters. The molecule has 2 aromatic heterocycles. The molecule has 3 nitrogen and oxygen atoms in total. The first-order valence-corrected chi connectivity index (χ1v) is 13.2. The van der Waals surface area contributed by atoms with Crippen LogP contribution in [-0.2, 0) is 0 Å². The second kappa shape index (κ2) is 8.64. The highest BCUT2D eigenvalue weighted by atomic mass is 15.2. The highest BCUT2D eigenvalue weighted by Crippen LogP contribution is 2.39. The Bertz CT molecular complexity index is 2110. The Hall–Kier alpha value is -5.28. The van der Waals surface area contributed by atoms with Gasteiger partial charge in [0.2, 0.25) is 5.95 Å². The Balaban J connectivity index is 1.55. The summed E-state index contributed by atoms with van der Waals surface area (Å²) < 4.78 is 2.20. The van der Waals surface area contributed by atoms with Crippen LogP contribution in [0.15, 0.2) is 140 Å². The molecule has 0 saturated heterocycles. The fraction of sp³-hybridized carbons (Fsp3) is 0. The van der Waals surface area contributed by atoms with Gasteiger partial charge in [-0.1, -0.05) is 121 Å². The number of rotatable bonds is 3. The lowest BCUT2D eigenvalue weighted by molar-refractivity contribution is 1.02. The van der Waals surface area contributed by atoms with E-state index < -0.39 is 0 Å². The monoisotopic (exact) mass is 497 g/mol. The van der Waals surface area contributed by atoms with Gasteiger partial charge in [-0.3, -0.25) is 4.57 Å². The van der Waals surface area contributed by atoms with Crippen LogP contribution in [0.5, 0.6) is 0 Å². The van der Waals surface area contributed by atoms with Gasteiger partial charge < -0.3 is 0 Å². The highest BCUT2D eigenvalue weighted by Gasteiger charge is 2.19. The Morgan fingerprint density at radius 3 is 1.56 bits per heavy atom. The van der Waals surface area contributed by atoms with Gasteiger partial charge in [0.1, 0.15) is 0 Å². The molecule has 0 aliphatic rings. The molecule has 8 rings (SSSR count). The zero-order valence-corrected chi connectivity index (χ0v) is 21.1. The van der Waals surface area contributed by atoms with Crippen LogP contribution in [0.4, 0.5) is 0 Å². The molecule has 2 heterocycles. The molecule has 0 atom stereocenters. The summed E-state index contributed by atoms with van der Waals surface area (Å²) >= 11 is 0. The maximum absolute atomic E-state index is 5.32. The van der Waals surface area contributed by atoms with Crippen molar-refractivity contribution in [3.05, 3.63) is 140 Å². The van der Waals surface area contributed by atoms with Gasteiger partial charge in [-0.05, 0) is 34.7 Å². The van der Waals surface area contributed by atoms with Crippen molar-refractivity contribution in [3.63, 3.8) is 0 Å². The smallest absolute Gasteiger partial charge is 0.235 e. The zero-order chi connectivity index (χ0) is 25.8. The normalized spacial score (nSPS) is 11.6. The summed E-state index contributed by atoms with van der Waals surface area (Å²) in [6, 6.07) is 48.9. The average molecular weight is 498 g/mol. The third kappa shape index (κ3) is 3.37. The minimum Gasteiger partial charge on any atom is -0.278 e. The van der Waals surface area contributed by atoms with Crippen molar-refractivity contribution in [1.82, 2.24) is 14.5 Å². The van der Waals surface area contributed by atoms with E-state index in [2.05, 4.69) is 138 Å². The van der Waals surface area contributed by atoms with Gasteiger partial charge in [-0.25, -0.2) is 9.97 Å². The van der Waals surface area contributed by atoms with E-state index in [0.29, 0.717) is 5.95 Å². The highest BCUT2D eigenvalue weighted by molar-refractivity contribution is 6.15. The fourth-order valence-corrected chi connectivity index (χ4v) is 5.86. The van der Waals surface area contributed by atoms with Crippen molar-refractivity contribution in [2.45, 2.75) is 0 Å². The lowest BCUT2D eigenvalue weighted by Crippen LogP contribution is -2.04. The van der Waals surface area contributed by atoms with Crippen molar-refractivity contribution in [2.24, 2.45) is 0 Å². The largest absolute Gasteiger partial charge is 0.278 e. The Labute approximate surface area is 225 Å². The van der Waals surface area contributed by atoms with Crippen LogP contribution in [0.3, 0.4) is 0 Å². The van der Waals surface area contributed by atoms with Gasteiger partial charge in [0, 0.05) is 27.1 Å². The third-order valence-corrected chi connectivity index (χ3v) is 7.61. The molecule has 39 heavy (non-hydrogen) atoms. The molecule has 0 spiro atoms. The van der Waals surface area contributed by atoms with E-state index in [0.717, 1.165) is 38.6 Å². The quantitative estimate of drug-likeness (QED) is 0.228. The molecule has 0 N–H and O–H groups in total. The lowest BCUT2D eigenvalue weighted by atomic mass is 9.94. The molecule has 0 aliphatic heterocycles. The van der Waals surface area contributed by atoms with Gasteiger partial charge in [0.15, 0.2) is 0 Å². The van der Waals surface area contributed by atoms with E-state index in [1.165, 1.54) is 27.3 Å². The summed E-state index contributed by atoms with van der Waals surface area (Å²) in [5.41, 5.74) is 7.52. The van der Waals surface area contributed by atoms with Gasteiger partial charge >= 0.3 is 0 Å². The second-order valence-electron chi connectivity index (χ2n) is 9.84. The number of hydrogen-bond donors (Lipinski definition) is 0. The first-order chi connectivity index (χ1) is 19.4. The van der Waals surface area contributed by atoms with Crippen molar-refractivity contribution in [2.75, 3.05) is 0 Å². The predicted octanol–water partition coefficient (Wildman–Crippen LogP) is 9.21. The van der Waals surface area contributed by atoms with Crippen LogP contribution in [0.1, 0.15) is 0 Å². The number of para-hydroxylation sites is 2. The molecular weight excluding hydrogens is 474 g/mol. The molecule has 0 amide bonds. The number of aromatic nitrogens is 3. The van der Waals surface area contributed by atoms with E-state index in [4.69, 9.17) is 9.97 Å². The van der Waals surface area contributed by atoms with Crippen LogP contribution >= 0.6 is 0 Å². The fourth-order valence-electron chi connectivity index (χ4n) is 5.86. The maximum Gasteiger partial charge on any atom is 0.235 e. The topological polar surface area (TPSA) is 30.7 Å². The average Bonchev–Trinajstić information content (AvgIpc) is 3.35. The summed E-state index contributed by atoms with van der Waals surface area (Å²) in [5.74, 6) is 0.677. The number of hydrogen-bond acceptors (Lipinski definition) is 2. The summed E-state index contributed by atoms with van der Waals surface area (Å²) in [7, 11) is 0. The summed E-state index contributed by atoms with van der Waals surface area (Å²) in [5, 5.41) is 5.74. The Kier molecular flexibility index (Phi) is 4.82. The summed E-state index contributed by atoms with van der Waals surface area (Å²) in [4.78, 5) is 10.6. The zero-order valence-electron chi connectivity index (χ0n) is 21.1. The summed E-state index contributed by atoms with van der Waals surface area (Å²) in [6.07, 6.45) is 0. The molecule has 8 aromatic rings. The van der Waals surface area contributed by atoms with Crippen LogP contribution in [0.2, 0.25) is 0 Å². The van der Waals surface area contributed by atoms with Crippen molar-refractivity contribution in [1.29, 1.82) is 0 Å². The van der Waals surface area contributed by atoms with E-state index >= 15 is 0 Å². The molecule has 182 valence electrons. The SMILES string of the molecule is c1ccc(-c2cc3c(-c4ccccc4)nc(-n4c5ccccc5c5ccccc54)nc3c3ccccc23)cc1. The Morgan fingerprint density at radius 2 is 0.923 bits per heavy atom. The van der Waals surface area contributed by atoms with Gasteiger partial charge in [-0.15, -0.1) is 0 Å². The molecule has 6 aromatic carbocycles. The van der Waals surface area contributed by atoms with Crippen LogP contribution < -0.4 is 0 Å². The molecule has 0 bridgehead atoms. The standard InChI is InChI=1S/C36H23N3/c1-3-13-24(14-4-1)30-23-31-34(25-15-5-2-6-16-25)37-36(38-35(31)29-20-8-7-17-26(29)30)39-32-21-11-9-18-27(32)28-19-10-12-22-33(28)39/h1-23H. The van der Waals surface area contributed by atoms with E-state index in [1.807, 2.05) is 6.07 Å². The summed E-state index contributed by atoms with van der Waals surface area (Å²) in [6.45, 7) is 0. The minimum atomic E-state index is 0.677. The van der Waals surface area contributed by atoms with Crippen molar-refractivity contribution >= 4 is 43.5 Å². The first-order valence-electron chi connectivity index (χ1n) is 13.2. The first kappa shape index (κ1) is 21.8. The number of nitrogens with zero attached hydrogens (tertiary/aromatic N) is 3. The van der Waals surface area contributed by atoms with E-state index in [-0.39, 0.29) is 0 Å². The van der Waals surface area contributed by atoms with Crippen LogP contribution in [0.25, 0.3) is 71.8 Å². The molecule has 3 heteroatoms. The molecule has 0 aliphatic carbocycles. The van der Waals surface area contributed by atoms with Gasteiger partial charge in [0.05, 0.1) is 22.2 Å². The Morgan fingerprint density at radius 1 is 0.410 bits per heavy atom. The minimum absolute atomic E-state index is 0.677. The van der Waals surface area contributed by atoms with Crippen LogP contribution in [0, 0.1) is 0 Å². The van der Waals surface area contributed by atoms with E-state index in [9.17, 15) is 0 Å². The molecule has 0 saturated carbocycles. The maximum atomic E-state index is 5.32. The molecular formula is C36H23N3.